The van der Waals surface area contributed by atoms with Crippen LogP contribution in [0.1, 0.15) is 143 Å². The van der Waals surface area contributed by atoms with Crippen LogP contribution in [0, 0.1) is 0 Å². The SMILES string of the molecule is CC(C)(C)[N-]C=C[N-]C(C)(C)C.CC(C)c1cccc(C(C)C)c1[NH-].CC(C)c1cccc(C(C)C)c1[N]=[Ta]. The monoisotopic (exact) mass is 700 g/mol. The van der Waals surface area contributed by atoms with E-state index in [0.717, 1.165) is 37.7 Å². The van der Waals surface area contributed by atoms with Gasteiger partial charge in [-0.2, -0.15) is 0 Å². The van der Waals surface area contributed by atoms with E-state index in [-0.39, 0.29) is 11.1 Å². The van der Waals surface area contributed by atoms with Gasteiger partial charge in [0.05, 0.1) is 0 Å². The molecule has 0 fully saturated rings. The minimum absolute atomic E-state index is 0.00387. The van der Waals surface area contributed by atoms with Crippen LogP contribution in [0.4, 0.5) is 11.4 Å². The van der Waals surface area contributed by atoms with E-state index in [0.29, 0.717) is 23.7 Å². The van der Waals surface area contributed by atoms with E-state index in [1.165, 1.54) is 16.8 Å². The van der Waals surface area contributed by atoms with Crippen molar-refractivity contribution in [2.75, 3.05) is 0 Å². The standard InChI is InChI=1S/C12H18N.C12H17N.C10H20N2.Ta/c2*1-8(2)10-6-5-7-11(9(3)4)12(10)13;1-9(2,3)11-7-8-12-10(4,5)6;/h5-9,13H,1-4H3;5-9H,1-4H3;7-8H,1-6H3;/q-1;;-2;. The molecule has 0 aliphatic heterocycles. The second-order valence-electron chi connectivity index (χ2n) is 13.2. The summed E-state index contributed by atoms with van der Waals surface area (Å²) in [5.74, 6) is 2.03. The zero-order chi connectivity index (χ0) is 30.6. The number of hydrogen-bond acceptors (Lipinski definition) is 1. The first kappa shape index (κ1) is 37.1. The third-order valence-electron chi connectivity index (χ3n) is 5.81. The van der Waals surface area contributed by atoms with Crippen molar-refractivity contribution >= 4 is 11.4 Å². The fourth-order valence-electron chi connectivity index (χ4n) is 3.69. The molecule has 0 spiro atoms. The fraction of sp³-hybridized carbons (Fsp3) is 0.588. The van der Waals surface area contributed by atoms with Crippen molar-refractivity contribution < 1.29 is 20.9 Å². The molecule has 0 saturated heterocycles. The van der Waals surface area contributed by atoms with Crippen LogP contribution in [0.2, 0.25) is 0 Å². The van der Waals surface area contributed by atoms with Gasteiger partial charge in [-0.15, -0.1) is 16.8 Å². The zero-order valence-corrected chi connectivity index (χ0v) is 30.4. The van der Waals surface area contributed by atoms with E-state index in [1.807, 2.05) is 0 Å². The van der Waals surface area contributed by atoms with Crippen molar-refractivity contribution in [2.24, 2.45) is 3.34 Å². The van der Waals surface area contributed by atoms with Crippen molar-refractivity contribution in [1.29, 1.82) is 0 Å². The first-order chi connectivity index (χ1) is 17.8. The molecule has 2 rings (SSSR count). The molecule has 39 heavy (non-hydrogen) atoms. The summed E-state index contributed by atoms with van der Waals surface area (Å²) in [7, 11) is 0. The Morgan fingerprint density at radius 2 is 0.897 bits per heavy atom. The summed E-state index contributed by atoms with van der Waals surface area (Å²) < 4.78 is 4.52. The van der Waals surface area contributed by atoms with Gasteiger partial charge in [0, 0.05) is 0 Å². The topological polar surface area (TPSA) is 64.4 Å². The second kappa shape index (κ2) is 17.0. The van der Waals surface area contributed by atoms with Gasteiger partial charge in [0.15, 0.2) is 0 Å². The van der Waals surface area contributed by atoms with E-state index in [2.05, 4.69) is 147 Å². The third-order valence-corrected chi connectivity index (χ3v) is 6.52. The van der Waals surface area contributed by atoms with Gasteiger partial charge >= 0.3 is 98.8 Å². The second-order valence-corrected chi connectivity index (χ2v) is 13.9. The molecule has 2 aromatic rings. The Hall–Kier alpha value is -1.88. The van der Waals surface area contributed by atoms with Crippen LogP contribution in [0.15, 0.2) is 52.1 Å². The molecular formula is C34H55N4Ta-3. The van der Waals surface area contributed by atoms with Crippen molar-refractivity contribution in [3.63, 3.8) is 0 Å². The Kier molecular flexibility index (Phi) is 16.2. The summed E-state index contributed by atoms with van der Waals surface area (Å²) in [4.78, 5) is 0. The number of benzene rings is 2. The summed E-state index contributed by atoms with van der Waals surface area (Å²) in [6.45, 7) is 29.8. The molecule has 0 saturated carbocycles. The van der Waals surface area contributed by atoms with Crippen LogP contribution in [-0.2, 0) is 20.9 Å². The molecule has 0 amide bonds. The van der Waals surface area contributed by atoms with Crippen LogP contribution in [-0.4, -0.2) is 11.1 Å². The molecule has 0 aromatic heterocycles. The number of nitrogens with zero attached hydrogens (tertiary/aromatic N) is 3. The Morgan fingerprint density at radius 3 is 1.13 bits per heavy atom. The Labute approximate surface area is 253 Å². The van der Waals surface area contributed by atoms with Crippen LogP contribution >= 0.6 is 0 Å². The molecule has 5 heteroatoms. The van der Waals surface area contributed by atoms with Gasteiger partial charge in [-0.05, 0) is 11.8 Å². The molecule has 0 aliphatic rings. The van der Waals surface area contributed by atoms with Crippen molar-refractivity contribution in [3.05, 3.63) is 87.4 Å². The first-order valence-electron chi connectivity index (χ1n) is 14.2. The Morgan fingerprint density at radius 1 is 0.615 bits per heavy atom. The van der Waals surface area contributed by atoms with Gasteiger partial charge in [-0.25, -0.2) is 12.4 Å². The maximum absolute atomic E-state index is 8.01. The minimum atomic E-state index is 0.00387. The van der Waals surface area contributed by atoms with E-state index in [4.69, 9.17) is 5.73 Å². The molecule has 2 aromatic carbocycles. The first-order valence-corrected chi connectivity index (χ1v) is 15.7. The normalized spacial score (nSPS) is 11.8. The quantitative estimate of drug-likeness (QED) is 0.276. The van der Waals surface area contributed by atoms with Crippen molar-refractivity contribution in [2.45, 2.75) is 132 Å². The zero-order valence-electron chi connectivity index (χ0n) is 27.2. The third kappa shape index (κ3) is 14.9. The summed E-state index contributed by atoms with van der Waals surface area (Å²) in [6, 6.07) is 12.7. The van der Waals surface area contributed by atoms with Gasteiger partial charge in [-0.1, -0.05) is 98.6 Å². The van der Waals surface area contributed by atoms with E-state index in [9.17, 15) is 0 Å². The van der Waals surface area contributed by atoms with Crippen molar-refractivity contribution in [1.82, 2.24) is 0 Å². The van der Waals surface area contributed by atoms with Gasteiger partial charge < -0.3 is 16.4 Å². The van der Waals surface area contributed by atoms with Crippen LogP contribution in [0.5, 0.6) is 0 Å². The van der Waals surface area contributed by atoms with Crippen LogP contribution in [0.3, 0.4) is 0 Å². The molecule has 0 unspecified atom stereocenters. The van der Waals surface area contributed by atoms with E-state index >= 15 is 0 Å². The number of rotatable bonds is 7. The average molecular weight is 701 g/mol. The summed E-state index contributed by atoms with van der Waals surface area (Å²) in [5.41, 5.74) is 15.1. The molecule has 0 heterocycles. The molecule has 0 radical (unpaired) electrons. The van der Waals surface area contributed by atoms with E-state index < -0.39 is 0 Å². The van der Waals surface area contributed by atoms with Crippen molar-refractivity contribution in [3.8, 4) is 0 Å². The molecule has 0 atom stereocenters. The predicted molar refractivity (Wildman–Crippen MR) is 171 cm³/mol. The van der Waals surface area contributed by atoms with Gasteiger partial charge in [0.2, 0.25) is 0 Å². The average Bonchev–Trinajstić information content (AvgIpc) is 2.80. The van der Waals surface area contributed by atoms with Crippen LogP contribution < -0.4 is 0 Å². The number of nitrogens with one attached hydrogen (secondary N) is 1. The molecule has 219 valence electrons. The summed E-state index contributed by atoms with van der Waals surface area (Å²) in [5, 5.41) is 8.57. The Bertz CT molecular complexity index is 952. The summed E-state index contributed by atoms with van der Waals surface area (Å²) >= 11 is 1.09. The molecule has 0 aliphatic carbocycles. The summed E-state index contributed by atoms with van der Waals surface area (Å²) in [6.07, 6.45) is 3.54. The van der Waals surface area contributed by atoms with Crippen LogP contribution in [0.25, 0.3) is 16.4 Å². The van der Waals surface area contributed by atoms with Gasteiger partial charge in [-0.3, -0.25) is 0 Å². The molecule has 4 nitrogen and oxygen atoms in total. The Balaban J connectivity index is 0.000000558. The molecule has 1 N–H and O–H groups in total. The predicted octanol–water partition coefficient (Wildman–Crippen LogP) is 12.7. The fourth-order valence-corrected chi connectivity index (χ4v) is 4.52. The number of hydrogen-bond donors (Lipinski definition) is 0. The molecule has 0 bridgehead atoms. The molecular weight excluding hydrogens is 645 g/mol. The maximum atomic E-state index is 8.01. The van der Waals surface area contributed by atoms with Gasteiger partial charge in [0.1, 0.15) is 0 Å². The van der Waals surface area contributed by atoms with Gasteiger partial charge in [0.25, 0.3) is 0 Å². The van der Waals surface area contributed by atoms with E-state index in [1.54, 1.807) is 12.4 Å².